The van der Waals surface area contributed by atoms with Crippen LogP contribution in [0.5, 0.6) is 0 Å². The molecule has 0 aliphatic rings. The van der Waals surface area contributed by atoms with Crippen molar-refractivity contribution in [2.75, 3.05) is 19.5 Å². The third-order valence-electron chi connectivity index (χ3n) is 3.22. The van der Waals surface area contributed by atoms with E-state index in [1.807, 2.05) is 12.1 Å². The topological polar surface area (TPSA) is 61.5 Å². The Kier molecular flexibility index (Phi) is 7.73. The highest BCUT2D eigenvalue weighted by molar-refractivity contribution is 5.96. The Bertz CT molecular complexity index is 418. The highest BCUT2D eigenvalue weighted by Gasteiger charge is 2.15. The van der Waals surface area contributed by atoms with Crippen molar-refractivity contribution in [3.63, 3.8) is 0 Å². The summed E-state index contributed by atoms with van der Waals surface area (Å²) < 4.78 is 10.4. The van der Waals surface area contributed by atoms with E-state index in [0.29, 0.717) is 24.5 Å². The van der Waals surface area contributed by atoms with E-state index in [1.54, 1.807) is 6.07 Å². The molecule has 4 nitrogen and oxygen atoms in total. The molecule has 0 aliphatic carbocycles. The molecular weight excluding hydrogens is 254 g/mol. The van der Waals surface area contributed by atoms with Gasteiger partial charge in [0.2, 0.25) is 0 Å². The van der Waals surface area contributed by atoms with Gasteiger partial charge in [0.1, 0.15) is 0 Å². The summed E-state index contributed by atoms with van der Waals surface area (Å²) in [7, 11) is 1.35. The van der Waals surface area contributed by atoms with Gasteiger partial charge in [0.25, 0.3) is 0 Å². The minimum atomic E-state index is -0.412. The lowest BCUT2D eigenvalue weighted by Gasteiger charge is -2.11. The van der Waals surface area contributed by atoms with Crippen molar-refractivity contribution in [2.45, 2.75) is 45.6 Å². The van der Waals surface area contributed by atoms with Gasteiger partial charge in [0, 0.05) is 12.3 Å². The molecule has 0 aliphatic heterocycles. The maximum absolute atomic E-state index is 11.7. The van der Waals surface area contributed by atoms with Crippen LogP contribution >= 0.6 is 0 Å². The van der Waals surface area contributed by atoms with Crippen molar-refractivity contribution in [3.8, 4) is 0 Å². The van der Waals surface area contributed by atoms with E-state index in [4.69, 9.17) is 15.2 Å². The Morgan fingerprint density at radius 2 is 1.95 bits per heavy atom. The number of rotatable bonds is 9. The molecule has 0 heterocycles. The van der Waals surface area contributed by atoms with Gasteiger partial charge in [-0.2, -0.15) is 0 Å². The number of unbranched alkanes of at least 4 members (excludes halogenated alkanes) is 4. The second kappa shape index (κ2) is 9.37. The molecule has 112 valence electrons. The number of hydrogen-bond acceptors (Lipinski definition) is 4. The summed E-state index contributed by atoms with van der Waals surface area (Å²) in [6, 6.07) is 5.36. The average Bonchev–Trinajstić information content (AvgIpc) is 2.45. The van der Waals surface area contributed by atoms with E-state index in [-0.39, 0.29) is 0 Å². The zero-order valence-electron chi connectivity index (χ0n) is 12.5. The van der Waals surface area contributed by atoms with E-state index in [2.05, 4.69) is 6.92 Å². The zero-order chi connectivity index (χ0) is 14.8. The van der Waals surface area contributed by atoms with Crippen molar-refractivity contribution in [3.05, 3.63) is 29.3 Å². The van der Waals surface area contributed by atoms with Crippen LogP contribution in [-0.4, -0.2) is 19.7 Å². The highest BCUT2D eigenvalue weighted by Crippen LogP contribution is 2.19. The lowest BCUT2D eigenvalue weighted by molar-refractivity contribution is 0.0593. The van der Waals surface area contributed by atoms with Crippen LogP contribution in [0.2, 0.25) is 0 Å². The molecule has 2 N–H and O–H groups in total. The maximum Gasteiger partial charge on any atom is 0.340 e. The van der Waals surface area contributed by atoms with E-state index < -0.39 is 5.97 Å². The van der Waals surface area contributed by atoms with E-state index in [0.717, 1.165) is 12.0 Å². The van der Waals surface area contributed by atoms with Gasteiger partial charge in [-0.05, 0) is 18.1 Å². The number of carbonyl (C=O) groups excluding carboxylic acids is 1. The first-order valence-corrected chi connectivity index (χ1v) is 7.24. The smallest absolute Gasteiger partial charge is 0.340 e. The van der Waals surface area contributed by atoms with Crippen molar-refractivity contribution in [2.24, 2.45) is 0 Å². The maximum atomic E-state index is 11.7. The van der Waals surface area contributed by atoms with Gasteiger partial charge in [-0.3, -0.25) is 0 Å². The number of esters is 1. The number of nitrogens with two attached hydrogens (primary N) is 1. The molecule has 0 aromatic heterocycles. The molecule has 20 heavy (non-hydrogen) atoms. The Morgan fingerprint density at radius 3 is 2.65 bits per heavy atom. The second-order valence-corrected chi connectivity index (χ2v) is 4.84. The van der Waals surface area contributed by atoms with Crippen molar-refractivity contribution in [1.82, 2.24) is 0 Å². The SMILES string of the molecule is CCCCCCCOCc1cccc(N)c1C(=O)OC. The summed E-state index contributed by atoms with van der Waals surface area (Å²) >= 11 is 0. The second-order valence-electron chi connectivity index (χ2n) is 4.84. The molecular formula is C16H25NO3. The number of ether oxygens (including phenoxy) is 2. The molecule has 4 heteroatoms. The van der Waals surface area contributed by atoms with Gasteiger partial charge in [-0.15, -0.1) is 0 Å². The van der Waals surface area contributed by atoms with E-state index >= 15 is 0 Å². The Morgan fingerprint density at radius 1 is 1.20 bits per heavy atom. The van der Waals surface area contributed by atoms with Crippen LogP contribution in [0.3, 0.4) is 0 Å². The van der Waals surface area contributed by atoms with Gasteiger partial charge in [-0.1, -0.05) is 44.7 Å². The van der Waals surface area contributed by atoms with Crippen LogP contribution in [0.15, 0.2) is 18.2 Å². The van der Waals surface area contributed by atoms with Gasteiger partial charge < -0.3 is 15.2 Å². The summed E-state index contributed by atoms with van der Waals surface area (Å²) in [5, 5.41) is 0. The largest absolute Gasteiger partial charge is 0.465 e. The average molecular weight is 279 g/mol. The summed E-state index contributed by atoms with van der Waals surface area (Å²) in [5.74, 6) is -0.412. The zero-order valence-corrected chi connectivity index (χ0v) is 12.5. The molecule has 0 radical (unpaired) electrons. The first kappa shape index (κ1) is 16.5. The molecule has 0 unspecified atom stereocenters. The number of methoxy groups -OCH3 is 1. The van der Waals surface area contributed by atoms with Crippen LogP contribution in [0.25, 0.3) is 0 Å². The minimum absolute atomic E-state index is 0.392. The first-order chi connectivity index (χ1) is 9.70. The predicted octanol–water partition coefficient (Wildman–Crippen LogP) is 3.54. The lowest BCUT2D eigenvalue weighted by atomic mass is 10.1. The predicted molar refractivity (Wildman–Crippen MR) is 80.6 cm³/mol. The summed E-state index contributed by atoms with van der Waals surface area (Å²) in [6.07, 6.45) is 6.02. The standard InChI is InChI=1S/C16H25NO3/c1-3-4-5-6-7-11-20-12-13-9-8-10-14(17)15(13)16(18)19-2/h8-10H,3-7,11-12,17H2,1-2H3. The lowest BCUT2D eigenvalue weighted by Crippen LogP contribution is -2.10. The molecule has 1 aromatic carbocycles. The number of benzene rings is 1. The van der Waals surface area contributed by atoms with Crippen molar-refractivity contribution < 1.29 is 14.3 Å². The van der Waals surface area contributed by atoms with Gasteiger partial charge in [0.15, 0.2) is 0 Å². The minimum Gasteiger partial charge on any atom is -0.465 e. The molecule has 0 atom stereocenters. The van der Waals surface area contributed by atoms with Crippen molar-refractivity contribution in [1.29, 1.82) is 0 Å². The fourth-order valence-corrected chi connectivity index (χ4v) is 2.08. The summed E-state index contributed by atoms with van der Waals surface area (Å²) in [6.45, 7) is 3.30. The number of hydrogen-bond donors (Lipinski definition) is 1. The monoisotopic (exact) mass is 279 g/mol. The van der Waals surface area contributed by atoms with Crippen LogP contribution in [0.1, 0.15) is 54.9 Å². The third kappa shape index (κ3) is 5.21. The van der Waals surface area contributed by atoms with Gasteiger partial charge >= 0.3 is 5.97 Å². The third-order valence-corrected chi connectivity index (χ3v) is 3.22. The molecule has 1 rings (SSSR count). The molecule has 0 amide bonds. The van der Waals surface area contributed by atoms with Gasteiger partial charge in [0.05, 0.1) is 19.3 Å². The Hall–Kier alpha value is -1.55. The number of carbonyl (C=O) groups is 1. The molecule has 0 spiro atoms. The Balaban J connectivity index is 2.44. The number of nitrogen functional groups attached to an aromatic ring is 1. The van der Waals surface area contributed by atoms with Crippen LogP contribution in [-0.2, 0) is 16.1 Å². The molecule has 0 fully saturated rings. The quantitative estimate of drug-likeness (QED) is 0.426. The molecule has 1 aromatic rings. The molecule has 0 saturated heterocycles. The fraction of sp³-hybridized carbons (Fsp3) is 0.562. The molecule has 0 saturated carbocycles. The van der Waals surface area contributed by atoms with E-state index in [1.165, 1.54) is 32.8 Å². The van der Waals surface area contributed by atoms with Crippen LogP contribution in [0.4, 0.5) is 5.69 Å². The number of anilines is 1. The van der Waals surface area contributed by atoms with Gasteiger partial charge in [-0.25, -0.2) is 4.79 Å². The van der Waals surface area contributed by atoms with Crippen LogP contribution in [0, 0.1) is 0 Å². The van der Waals surface area contributed by atoms with Crippen molar-refractivity contribution >= 4 is 11.7 Å². The Labute approximate surface area is 121 Å². The highest BCUT2D eigenvalue weighted by atomic mass is 16.5. The molecule has 0 bridgehead atoms. The summed E-state index contributed by atoms with van der Waals surface area (Å²) in [4.78, 5) is 11.7. The summed E-state index contributed by atoms with van der Waals surface area (Å²) in [5.41, 5.74) is 7.46. The van der Waals surface area contributed by atoms with E-state index in [9.17, 15) is 4.79 Å². The fourth-order valence-electron chi connectivity index (χ4n) is 2.08. The first-order valence-electron chi connectivity index (χ1n) is 7.24. The normalized spacial score (nSPS) is 10.5. The van der Waals surface area contributed by atoms with Crippen LogP contribution < -0.4 is 5.73 Å².